The van der Waals surface area contributed by atoms with Gasteiger partial charge in [0.2, 0.25) is 11.8 Å². The summed E-state index contributed by atoms with van der Waals surface area (Å²) >= 11 is 0. The molecule has 1 aromatic rings. The van der Waals surface area contributed by atoms with Crippen LogP contribution in [0.15, 0.2) is 30.3 Å². The number of rotatable bonds is 6. The van der Waals surface area contributed by atoms with E-state index in [4.69, 9.17) is 0 Å². The number of nitrogens with one attached hydrogen (secondary N) is 1. The lowest BCUT2D eigenvalue weighted by atomic mass is 9.88. The maximum Gasteiger partial charge on any atom is 0.226 e. The summed E-state index contributed by atoms with van der Waals surface area (Å²) in [5, 5.41) is 2.63. The number of nitrogens with zero attached hydrogens (tertiary/aromatic N) is 1. The van der Waals surface area contributed by atoms with Crippen molar-refractivity contribution in [1.82, 2.24) is 10.2 Å². The molecule has 0 aromatic heterocycles. The number of hydrogen-bond acceptors (Lipinski definition) is 2. The van der Waals surface area contributed by atoms with Gasteiger partial charge < -0.3 is 10.2 Å². The second-order valence-corrected chi connectivity index (χ2v) is 5.74. The summed E-state index contributed by atoms with van der Waals surface area (Å²) in [4.78, 5) is 26.1. The summed E-state index contributed by atoms with van der Waals surface area (Å²) in [6.45, 7) is 3.54. The molecular formula is C17H24N2O2. The van der Waals surface area contributed by atoms with Gasteiger partial charge in [-0.3, -0.25) is 9.59 Å². The van der Waals surface area contributed by atoms with Gasteiger partial charge in [-0.1, -0.05) is 43.7 Å². The lowest BCUT2D eigenvalue weighted by molar-refractivity contribution is -0.134. The Morgan fingerprint density at radius 1 is 1.33 bits per heavy atom. The molecule has 4 heteroatoms. The van der Waals surface area contributed by atoms with E-state index >= 15 is 0 Å². The van der Waals surface area contributed by atoms with Crippen molar-refractivity contribution in [3.63, 3.8) is 0 Å². The molecule has 1 N–H and O–H groups in total. The summed E-state index contributed by atoms with van der Waals surface area (Å²) in [7, 11) is 1.62. The molecule has 2 rings (SSSR count). The summed E-state index contributed by atoms with van der Waals surface area (Å²) in [5.41, 5.74) is 1.14. The maximum absolute atomic E-state index is 12.6. The third-order valence-electron chi connectivity index (χ3n) is 4.21. The molecule has 1 heterocycles. The van der Waals surface area contributed by atoms with Crippen LogP contribution in [0.5, 0.6) is 0 Å². The van der Waals surface area contributed by atoms with E-state index in [1.807, 2.05) is 35.2 Å². The molecule has 1 fully saturated rings. The van der Waals surface area contributed by atoms with Crippen molar-refractivity contribution in [2.45, 2.75) is 32.7 Å². The average molecular weight is 288 g/mol. The zero-order valence-electron chi connectivity index (χ0n) is 12.8. The Morgan fingerprint density at radius 3 is 2.67 bits per heavy atom. The van der Waals surface area contributed by atoms with Gasteiger partial charge in [0.05, 0.1) is 5.92 Å². The van der Waals surface area contributed by atoms with E-state index in [1.165, 1.54) is 0 Å². The van der Waals surface area contributed by atoms with Crippen LogP contribution < -0.4 is 5.32 Å². The van der Waals surface area contributed by atoms with Crippen LogP contribution in [0.4, 0.5) is 0 Å². The molecule has 0 spiro atoms. The van der Waals surface area contributed by atoms with E-state index < -0.39 is 0 Å². The van der Waals surface area contributed by atoms with Crippen molar-refractivity contribution in [2.75, 3.05) is 13.6 Å². The Bertz CT molecular complexity index is 487. The zero-order valence-corrected chi connectivity index (χ0v) is 12.8. The fraction of sp³-hybridized carbons (Fsp3) is 0.529. The van der Waals surface area contributed by atoms with Gasteiger partial charge in [0.15, 0.2) is 0 Å². The van der Waals surface area contributed by atoms with Crippen LogP contribution >= 0.6 is 0 Å². The van der Waals surface area contributed by atoms with Gasteiger partial charge in [-0.25, -0.2) is 0 Å². The number of benzene rings is 1. The van der Waals surface area contributed by atoms with Crippen LogP contribution in [-0.4, -0.2) is 30.3 Å². The van der Waals surface area contributed by atoms with Gasteiger partial charge in [-0.15, -0.1) is 0 Å². The third kappa shape index (κ3) is 3.84. The Hall–Kier alpha value is -1.84. The first kappa shape index (κ1) is 15.5. The van der Waals surface area contributed by atoms with Crippen molar-refractivity contribution >= 4 is 11.8 Å². The minimum atomic E-state index is -0.159. The molecule has 114 valence electrons. The summed E-state index contributed by atoms with van der Waals surface area (Å²) in [6, 6.07) is 10.0. The molecule has 1 saturated heterocycles. The molecule has 0 aliphatic carbocycles. The molecule has 1 aliphatic rings. The molecule has 4 nitrogen and oxygen atoms in total. The van der Waals surface area contributed by atoms with Crippen LogP contribution in [0, 0.1) is 11.8 Å². The van der Waals surface area contributed by atoms with Crippen LogP contribution in [-0.2, 0) is 16.1 Å². The molecule has 0 unspecified atom stereocenters. The Labute approximate surface area is 126 Å². The van der Waals surface area contributed by atoms with Gasteiger partial charge in [0.1, 0.15) is 0 Å². The van der Waals surface area contributed by atoms with Gasteiger partial charge in [-0.05, 0) is 17.9 Å². The average Bonchev–Trinajstić information content (AvgIpc) is 2.77. The predicted molar refractivity (Wildman–Crippen MR) is 82.4 cm³/mol. The lowest BCUT2D eigenvalue weighted by Crippen LogP contribution is -2.30. The van der Waals surface area contributed by atoms with Crippen molar-refractivity contribution in [3.05, 3.63) is 35.9 Å². The fourth-order valence-electron chi connectivity index (χ4n) is 3.10. The number of carbonyl (C=O) groups is 2. The Morgan fingerprint density at radius 2 is 2.05 bits per heavy atom. The SMILES string of the molecule is CCC[C@H]1CN(Cc2ccccc2)C(=O)[C@@H]1CC(=O)NC. The van der Waals surface area contributed by atoms with Crippen LogP contribution in [0.1, 0.15) is 31.7 Å². The van der Waals surface area contributed by atoms with Crippen molar-refractivity contribution in [1.29, 1.82) is 0 Å². The summed E-state index contributed by atoms with van der Waals surface area (Å²) in [5.74, 6) is 0.217. The van der Waals surface area contributed by atoms with Crippen molar-refractivity contribution < 1.29 is 9.59 Å². The molecule has 0 saturated carbocycles. The Balaban J connectivity index is 2.07. The predicted octanol–water partition coefficient (Wildman–Crippen LogP) is 2.20. The minimum Gasteiger partial charge on any atom is -0.359 e. The van der Waals surface area contributed by atoms with E-state index in [1.54, 1.807) is 7.05 Å². The highest BCUT2D eigenvalue weighted by Gasteiger charge is 2.40. The third-order valence-corrected chi connectivity index (χ3v) is 4.21. The quantitative estimate of drug-likeness (QED) is 0.872. The van der Waals surface area contributed by atoms with Crippen LogP contribution in [0.25, 0.3) is 0 Å². The molecule has 1 aliphatic heterocycles. The van der Waals surface area contributed by atoms with Gasteiger partial charge in [0, 0.05) is 26.6 Å². The molecule has 2 atom stereocenters. The topological polar surface area (TPSA) is 49.4 Å². The van der Waals surface area contributed by atoms with Crippen molar-refractivity contribution in [2.24, 2.45) is 11.8 Å². The lowest BCUT2D eigenvalue weighted by Gasteiger charge is -2.16. The molecule has 0 bridgehead atoms. The van der Waals surface area contributed by atoms with Crippen LogP contribution in [0.3, 0.4) is 0 Å². The molecule has 1 aromatic carbocycles. The second-order valence-electron chi connectivity index (χ2n) is 5.74. The maximum atomic E-state index is 12.6. The minimum absolute atomic E-state index is 0.0454. The number of amides is 2. The van der Waals surface area contributed by atoms with E-state index in [-0.39, 0.29) is 17.7 Å². The largest absolute Gasteiger partial charge is 0.359 e. The molecule has 0 radical (unpaired) electrons. The standard InChI is InChI=1S/C17H24N2O2/c1-3-7-14-12-19(11-13-8-5-4-6-9-13)17(21)15(14)10-16(20)18-2/h4-6,8-9,14-15H,3,7,10-12H2,1-2H3,(H,18,20)/t14-,15+/m0/s1. The van der Waals surface area contributed by atoms with E-state index in [9.17, 15) is 9.59 Å². The number of carbonyl (C=O) groups excluding carboxylic acids is 2. The normalized spacial score (nSPS) is 21.6. The van der Waals surface area contributed by atoms with Gasteiger partial charge in [0.25, 0.3) is 0 Å². The van der Waals surface area contributed by atoms with Gasteiger partial charge in [-0.2, -0.15) is 0 Å². The molecule has 2 amide bonds. The van der Waals surface area contributed by atoms with Crippen LogP contribution in [0.2, 0.25) is 0 Å². The highest BCUT2D eigenvalue weighted by Crippen LogP contribution is 2.32. The first-order valence-electron chi connectivity index (χ1n) is 7.69. The highest BCUT2D eigenvalue weighted by atomic mass is 16.2. The number of likely N-dealkylation sites (tertiary alicyclic amines) is 1. The van der Waals surface area contributed by atoms with E-state index in [2.05, 4.69) is 12.2 Å². The highest BCUT2D eigenvalue weighted by molar-refractivity contribution is 5.87. The molecule has 21 heavy (non-hydrogen) atoms. The zero-order chi connectivity index (χ0) is 15.2. The van der Waals surface area contributed by atoms with E-state index in [0.29, 0.717) is 18.9 Å². The first-order chi connectivity index (χ1) is 10.2. The monoisotopic (exact) mass is 288 g/mol. The van der Waals surface area contributed by atoms with Gasteiger partial charge >= 0.3 is 0 Å². The molecular weight excluding hydrogens is 264 g/mol. The second kappa shape index (κ2) is 7.25. The first-order valence-corrected chi connectivity index (χ1v) is 7.69. The fourth-order valence-corrected chi connectivity index (χ4v) is 3.10. The summed E-state index contributed by atoms with van der Waals surface area (Å²) in [6.07, 6.45) is 2.35. The summed E-state index contributed by atoms with van der Waals surface area (Å²) < 4.78 is 0. The van der Waals surface area contributed by atoms with Crippen molar-refractivity contribution in [3.8, 4) is 0 Å². The van der Waals surface area contributed by atoms with E-state index in [0.717, 1.165) is 24.9 Å². The Kier molecular flexibility index (Phi) is 5.37. The smallest absolute Gasteiger partial charge is 0.226 e. The number of hydrogen-bond donors (Lipinski definition) is 1.